The van der Waals surface area contributed by atoms with Gasteiger partial charge < -0.3 is 20.3 Å². The minimum Gasteiger partial charge on any atom is -0.377 e. The van der Waals surface area contributed by atoms with Crippen LogP contribution in [-0.2, 0) is 24.2 Å². The number of hydrogen-bond donors (Lipinski definition) is 2. The molecule has 194 valence electrons. The lowest BCUT2D eigenvalue weighted by molar-refractivity contribution is 0.0983. The van der Waals surface area contributed by atoms with Crippen LogP contribution in [0.15, 0.2) is 36.5 Å². The second-order valence-corrected chi connectivity index (χ2v) is 9.53. The van der Waals surface area contributed by atoms with E-state index in [4.69, 9.17) is 14.7 Å². The molecule has 2 N–H and O–H groups in total. The summed E-state index contributed by atoms with van der Waals surface area (Å²) in [6.45, 7) is 11.2. The molecule has 4 heterocycles. The van der Waals surface area contributed by atoms with Crippen LogP contribution in [0.1, 0.15) is 36.6 Å². The zero-order valence-corrected chi connectivity index (χ0v) is 21.7. The summed E-state index contributed by atoms with van der Waals surface area (Å²) in [6.07, 6.45) is 2.70. The molecule has 1 aromatic carbocycles. The van der Waals surface area contributed by atoms with Crippen LogP contribution in [0, 0.1) is 6.92 Å². The van der Waals surface area contributed by atoms with Crippen LogP contribution < -0.4 is 15.5 Å². The fourth-order valence-corrected chi connectivity index (χ4v) is 4.87. The fourth-order valence-electron chi connectivity index (χ4n) is 4.87. The Hall–Kier alpha value is -3.63. The standard InChI is InChI=1S/C27H34N8O2/c1-4-28-27(36)31-21-7-5-20(6-8-21)25-32-24-16-34(15-22-9-11-29-19(3)30-22)12-10-23(24)26(33-25)35-13-14-37-17-18(35)2/h5-9,11,18H,4,10,12-17H2,1-3H3,(H2,28,31,36)/t18-/m0/s1. The minimum atomic E-state index is -0.220. The highest BCUT2D eigenvalue weighted by molar-refractivity contribution is 5.89. The molecule has 2 aromatic heterocycles. The monoisotopic (exact) mass is 502 g/mol. The Morgan fingerprint density at radius 1 is 1.14 bits per heavy atom. The van der Waals surface area contributed by atoms with Crippen molar-refractivity contribution in [3.05, 3.63) is 59.3 Å². The van der Waals surface area contributed by atoms with Gasteiger partial charge >= 0.3 is 6.03 Å². The quantitative estimate of drug-likeness (QED) is 0.529. The first-order valence-electron chi connectivity index (χ1n) is 12.9. The highest BCUT2D eigenvalue weighted by atomic mass is 16.5. The zero-order valence-electron chi connectivity index (χ0n) is 21.7. The van der Waals surface area contributed by atoms with Crippen molar-refractivity contribution in [3.63, 3.8) is 0 Å². The number of nitrogens with zero attached hydrogens (tertiary/aromatic N) is 6. The molecule has 2 aliphatic rings. The molecule has 3 aromatic rings. The molecule has 5 rings (SSSR count). The van der Waals surface area contributed by atoms with Gasteiger partial charge in [-0.1, -0.05) is 0 Å². The van der Waals surface area contributed by atoms with Crippen LogP contribution >= 0.6 is 0 Å². The van der Waals surface area contributed by atoms with Crippen LogP contribution in [-0.4, -0.2) is 69.8 Å². The number of amides is 2. The average molecular weight is 503 g/mol. The fraction of sp³-hybridized carbons (Fsp3) is 0.444. The van der Waals surface area contributed by atoms with Gasteiger partial charge in [-0.3, -0.25) is 4.90 Å². The zero-order chi connectivity index (χ0) is 25.8. The molecule has 10 heteroatoms. The number of urea groups is 1. The van der Waals surface area contributed by atoms with E-state index in [1.54, 1.807) is 0 Å². The molecule has 1 saturated heterocycles. The van der Waals surface area contributed by atoms with E-state index in [9.17, 15) is 4.79 Å². The number of fused-ring (bicyclic) bond motifs is 1. The van der Waals surface area contributed by atoms with Gasteiger partial charge in [0.25, 0.3) is 0 Å². The molecule has 0 bridgehead atoms. The third kappa shape index (κ3) is 5.86. The summed E-state index contributed by atoms with van der Waals surface area (Å²) in [7, 11) is 0. The van der Waals surface area contributed by atoms with Gasteiger partial charge in [-0.15, -0.1) is 0 Å². The van der Waals surface area contributed by atoms with Gasteiger partial charge in [0, 0.05) is 55.7 Å². The molecule has 1 atom stereocenters. The predicted octanol–water partition coefficient (Wildman–Crippen LogP) is 3.17. The lowest BCUT2D eigenvalue weighted by atomic mass is 10.0. The number of aromatic nitrogens is 4. The molecular weight excluding hydrogens is 468 g/mol. The van der Waals surface area contributed by atoms with Crippen molar-refractivity contribution in [2.45, 2.75) is 46.3 Å². The number of morpholine rings is 1. The third-order valence-electron chi connectivity index (χ3n) is 6.72. The topological polar surface area (TPSA) is 108 Å². The van der Waals surface area contributed by atoms with E-state index in [1.807, 2.05) is 50.4 Å². The molecule has 2 amide bonds. The van der Waals surface area contributed by atoms with E-state index in [0.717, 1.165) is 66.9 Å². The molecular formula is C27H34N8O2. The summed E-state index contributed by atoms with van der Waals surface area (Å²) < 4.78 is 5.70. The number of aryl methyl sites for hydroxylation is 1. The number of hydrogen-bond acceptors (Lipinski definition) is 8. The van der Waals surface area contributed by atoms with Gasteiger partial charge in [0.05, 0.1) is 30.6 Å². The molecule has 0 spiro atoms. The molecule has 0 saturated carbocycles. The summed E-state index contributed by atoms with van der Waals surface area (Å²) >= 11 is 0. The largest absolute Gasteiger partial charge is 0.377 e. The maximum Gasteiger partial charge on any atom is 0.319 e. The highest BCUT2D eigenvalue weighted by Crippen LogP contribution is 2.32. The Balaban J connectivity index is 1.45. The molecule has 0 unspecified atom stereocenters. The van der Waals surface area contributed by atoms with Crippen LogP contribution in [0.5, 0.6) is 0 Å². The van der Waals surface area contributed by atoms with E-state index >= 15 is 0 Å². The van der Waals surface area contributed by atoms with Crippen LogP contribution in [0.4, 0.5) is 16.3 Å². The SMILES string of the molecule is CCNC(=O)Nc1ccc(-c2nc3c(c(N4CCOC[C@@H]4C)n2)CCN(Cc2ccnc(C)n2)C3)cc1. The molecule has 0 radical (unpaired) electrons. The van der Waals surface area contributed by atoms with E-state index in [1.165, 1.54) is 5.56 Å². The smallest absolute Gasteiger partial charge is 0.319 e. The molecule has 37 heavy (non-hydrogen) atoms. The molecule has 1 fully saturated rings. The van der Waals surface area contributed by atoms with Crippen molar-refractivity contribution in [1.82, 2.24) is 30.2 Å². The number of anilines is 2. The normalized spacial score (nSPS) is 17.8. The van der Waals surface area contributed by atoms with Crippen molar-refractivity contribution in [3.8, 4) is 11.4 Å². The minimum absolute atomic E-state index is 0.220. The number of ether oxygens (including phenoxy) is 1. The summed E-state index contributed by atoms with van der Waals surface area (Å²) in [6, 6.07) is 9.68. The van der Waals surface area contributed by atoms with Crippen LogP contribution in [0.25, 0.3) is 11.4 Å². The van der Waals surface area contributed by atoms with E-state index in [-0.39, 0.29) is 12.1 Å². The van der Waals surface area contributed by atoms with Gasteiger partial charge in [-0.25, -0.2) is 24.7 Å². The maximum atomic E-state index is 11.9. The Labute approximate surface area is 217 Å². The van der Waals surface area contributed by atoms with Gasteiger partial charge in [-0.05, 0) is 57.5 Å². The first kappa shape index (κ1) is 25.0. The lowest BCUT2D eigenvalue weighted by Gasteiger charge is -2.37. The summed E-state index contributed by atoms with van der Waals surface area (Å²) in [5.41, 5.74) is 4.93. The van der Waals surface area contributed by atoms with Crippen LogP contribution in [0.3, 0.4) is 0 Å². The van der Waals surface area contributed by atoms with Gasteiger partial charge in [-0.2, -0.15) is 0 Å². The number of benzene rings is 1. The number of carbonyl (C=O) groups is 1. The summed E-state index contributed by atoms with van der Waals surface area (Å²) in [5.74, 6) is 2.49. The van der Waals surface area contributed by atoms with Crippen molar-refractivity contribution in [2.75, 3.05) is 43.1 Å². The second kappa shape index (κ2) is 11.2. The van der Waals surface area contributed by atoms with Crippen molar-refractivity contribution in [2.24, 2.45) is 0 Å². The summed E-state index contributed by atoms with van der Waals surface area (Å²) in [4.78, 5) is 35.6. The Morgan fingerprint density at radius 3 is 2.73 bits per heavy atom. The Bertz CT molecular complexity index is 1250. The first-order valence-corrected chi connectivity index (χ1v) is 12.9. The number of carbonyl (C=O) groups excluding carboxylic acids is 1. The van der Waals surface area contributed by atoms with Crippen LogP contribution in [0.2, 0.25) is 0 Å². The molecule has 2 aliphatic heterocycles. The van der Waals surface area contributed by atoms with E-state index in [0.29, 0.717) is 25.6 Å². The van der Waals surface area contributed by atoms with Gasteiger partial charge in [0.15, 0.2) is 5.82 Å². The highest BCUT2D eigenvalue weighted by Gasteiger charge is 2.29. The van der Waals surface area contributed by atoms with Crippen molar-refractivity contribution >= 4 is 17.5 Å². The number of nitrogens with one attached hydrogen (secondary N) is 2. The number of rotatable bonds is 6. The third-order valence-corrected chi connectivity index (χ3v) is 6.72. The first-order chi connectivity index (χ1) is 18.0. The Kier molecular flexibility index (Phi) is 7.57. The Morgan fingerprint density at radius 2 is 1.97 bits per heavy atom. The predicted molar refractivity (Wildman–Crippen MR) is 142 cm³/mol. The summed E-state index contributed by atoms with van der Waals surface area (Å²) in [5, 5.41) is 5.59. The molecule has 10 nitrogen and oxygen atoms in total. The van der Waals surface area contributed by atoms with Crippen molar-refractivity contribution in [1.29, 1.82) is 0 Å². The lowest BCUT2D eigenvalue weighted by Crippen LogP contribution is -2.45. The van der Waals surface area contributed by atoms with Gasteiger partial charge in [0.1, 0.15) is 11.6 Å². The van der Waals surface area contributed by atoms with Crippen molar-refractivity contribution < 1.29 is 9.53 Å². The van der Waals surface area contributed by atoms with E-state index in [2.05, 4.69) is 37.3 Å². The average Bonchev–Trinajstić information content (AvgIpc) is 2.89. The van der Waals surface area contributed by atoms with Gasteiger partial charge in [0.2, 0.25) is 0 Å². The second-order valence-electron chi connectivity index (χ2n) is 9.53. The van der Waals surface area contributed by atoms with E-state index < -0.39 is 0 Å². The maximum absolute atomic E-state index is 11.9. The molecule has 0 aliphatic carbocycles.